The molecule has 5 N–H and O–H groups in total. The minimum Gasteiger partial charge on any atom is -0.393 e. The zero-order valence-corrected chi connectivity index (χ0v) is 10.1. The largest absolute Gasteiger partial charge is 0.393 e. The molecule has 2 rings (SSSR count). The Labute approximate surface area is 104 Å². The number of nitrogens with zero attached hydrogens (tertiary/aromatic N) is 2. The van der Waals surface area contributed by atoms with E-state index in [0.717, 1.165) is 5.56 Å². The first-order valence-electron chi connectivity index (χ1n) is 5.48. The minimum absolute atomic E-state index is 0.143. The number of aromatic amines is 1. The lowest BCUT2D eigenvalue weighted by atomic mass is 10.2. The molecule has 0 radical (unpaired) electrons. The van der Waals surface area contributed by atoms with Crippen LogP contribution in [0.2, 0.25) is 0 Å². The van der Waals surface area contributed by atoms with Crippen LogP contribution in [-0.2, 0) is 6.54 Å². The summed E-state index contributed by atoms with van der Waals surface area (Å²) in [6.07, 6.45) is 0. The summed E-state index contributed by atoms with van der Waals surface area (Å²) in [7, 11) is 1.81. The number of benzene rings is 1. The second-order valence-corrected chi connectivity index (χ2v) is 4.03. The summed E-state index contributed by atoms with van der Waals surface area (Å²) in [6, 6.07) is 9.83. The SMILES string of the molecule is CN(Cc1ccccc1)c1nc(=O)[nH]c(N)c1N. The molecule has 1 aromatic heterocycles. The van der Waals surface area contributed by atoms with Crippen molar-refractivity contribution >= 4 is 17.3 Å². The maximum Gasteiger partial charge on any atom is 0.348 e. The van der Waals surface area contributed by atoms with Gasteiger partial charge < -0.3 is 16.4 Å². The van der Waals surface area contributed by atoms with Crippen LogP contribution in [0.3, 0.4) is 0 Å². The van der Waals surface area contributed by atoms with E-state index in [1.807, 2.05) is 37.4 Å². The molecule has 0 aliphatic heterocycles. The number of anilines is 3. The second kappa shape index (κ2) is 4.79. The van der Waals surface area contributed by atoms with E-state index in [1.165, 1.54) is 0 Å². The van der Waals surface area contributed by atoms with E-state index < -0.39 is 5.69 Å². The van der Waals surface area contributed by atoms with Crippen LogP contribution >= 0.6 is 0 Å². The maximum atomic E-state index is 11.3. The Hall–Kier alpha value is -2.50. The molecular weight excluding hydrogens is 230 g/mol. The topological polar surface area (TPSA) is 101 Å². The first-order valence-corrected chi connectivity index (χ1v) is 5.48. The van der Waals surface area contributed by atoms with E-state index in [2.05, 4.69) is 9.97 Å². The Bertz CT molecular complexity index is 593. The Morgan fingerprint density at radius 2 is 1.94 bits per heavy atom. The summed E-state index contributed by atoms with van der Waals surface area (Å²) in [5.74, 6) is 0.532. The molecule has 0 atom stereocenters. The molecule has 0 fully saturated rings. The summed E-state index contributed by atoms with van der Waals surface area (Å²) in [5, 5.41) is 0. The average Bonchev–Trinajstić information content (AvgIpc) is 2.35. The molecule has 0 saturated carbocycles. The van der Waals surface area contributed by atoms with Gasteiger partial charge in [0, 0.05) is 13.6 Å². The molecule has 2 aromatic rings. The van der Waals surface area contributed by atoms with Crippen LogP contribution in [-0.4, -0.2) is 17.0 Å². The van der Waals surface area contributed by atoms with Gasteiger partial charge in [0.05, 0.1) is 0 Å². The van der Waals surface area contributed by atoms with Gasteiger partial charge in [0.2, 0.25) is 0 Å². The van der Waals surface area contributed by atoms with Gasteiger partial charge in [0.15, 0.2) is 5.82 Å². The standard InChI is InChI=1S/C12H15N5O/c1-17(7-8-5-3-2-4-6-8)11-9(13)10(14)15-12(18)16-11/h2-6H,7,13H2,1H3,(H3,14,15,16,18). The molecule has 94 valence electrons. The molecule has 0 unspecified atom stereocenters. The predicted octanol–water partition coefficient (Wildman–Crippen LogP) is 0.571. The summed E-state index contributed by atoms with van der Waals surface area (Å²) >= 11 is 0. The highest BCUT2D eigenvalue weighted by molar-refractivity contribution is 5.72. The number of H-pyrrole nitrogens is 1. The maximum absolute atomic E-state index is 11.3. The van der Waals surface area contributed by atoms with Crippen LogP contribution in [0.5, 0.6) is 0 Å². The summed E-state index contributed by atoms with van der Waals surface area (Å²) < 4.78 is 0. The minimum atomic E-state index is -0.503. The van der Waals surface area contributed by atoms with Gasteiger partial charge in [-0.1, -0.05) is 30.3 Å². The number of rotatable bonds is 3. The smallest absolute Gasteiger partial charge is 0.348 e. The molecule has 0 saturated heterocycles. The van der Waals surface area contributed by atoms with Crippen LogP contribution in [0.1, 0.15) is 5.56 Å². The molecule has 18 heavy (non-hydrogen) atoms. The zero-order chi connectivity index (χ0) is 13.1. The van der Waals surface area contributed by atoms with Gasteiger partial charge in [-0.15, -0.1) is 0 Å². The summed E-state index contributed by atoms with van der Waals surface area (Å²) in [6.45, 7) is 0.598. The van der Waals surface area contributed by atoms with Crippen molar-refractivity contribution in [2.24, 2.45) is 0 Å². The fourth-order valence-corrected chi connectivity index (χ4v) is 1.71. The molecule has 6 nitrogen and oxygen atoms in total. The van der Waals surface area contributed by atoms with Crippen LogP contribution in [0.15, 0.2) is 35.1 Å². The van der Waals surface area contributed by atoms with Crippen molar-refractivity contribution in [1.82, 2.24) is 9.97 Å². The van der Waals surface area contributed by atoms with Crippen LogP contribution in [0.25, 0.3) is 0 Å². The number of hydrogen-bond acceptors (Lipinski definition) is 5. The number of hydrogen-bond donors (Lipinski definition) is 3. The van der Waals surface area contributed by atoms with Gasteiger partial charge in [0.25, 0.3) is 0 Å². The van der Waals surface area contributed by atoms with Gasteiger partial charge in [0.1, 0.15) is 11.5 Å². The molecule has 1 aromatic carbocycles. The lowest BCUT2D eigenvalue weighted by Gasteiger charge is -2.19. The van der Waals surface area contributed by atoms with Crippen molar-refractivity contribution in [3.63, 3.8) is 0 Å². The number of nitrogens with one attached hydrogen (secondary N) is 1. The van der Waals surface area contributed by atoms with Crippen molar-refractivity contribution in [3.8, 4) is 0 Å². The number of nitrogen functional groups attached to an aromatic ring is 2. The van der Waals surface area contributed by atoms with Crippen LogP contribution < -0.4 is 22.1 Å². The highest BCUT2D eigenvalue weighted by atomic mass is 16.1. The van der Waals surface area contributed by atoms with Crippen molar-refractivity contribution in [1.29, 1.82) is 0 Å². The van der Waals surface area contributed by atoms with Gasteiger partial charge in [-0.2, -0.15) is 4.98 Å². The van der Waals surface area contributed by atoms with Crippen LogP contribution in [0, 0.1) is 0 Å². The highest BCUT2D eigenvalue weighted by Gasteiger charge is 2.11. The Morgan fingerprint density at radius 3 is 2.61 bits per heavy atom. The average molecular weight is 245 g/mol. The highest BCUT2D eigenvalue weighted by Crippen LogP contribution is 2.22. The normalized spacial score (nSPS) is 10.3. The van der Waals surface area contributed by atoms with E-state index in [4.69, 9.17) is 11.5 Å². The van der Waals surface area contributed by atoms with Gasteiger partial charge in [-0.05, 0) is 5.56 Å². The van der Waals surface area contributed by atoms with E-state index in [-0.39, 0.29) is 11.5 Å². The van der Waals surface area contributed by atoms with Gasteiger partial charge in [-0.3, -0.25) is 4.98 Å². The molecule has 0 aliphatic carbocycles. The van der Waals surface area contributed by atoms with E-state index in [1.54, 1.807) is 4.90 Å². The van der Waals surface area contributed by atoms with Crippen LogP contribution in [0.4, 0.5) is 17.3 Å². The van der Waals surface area contributed by atoms with Crippen molar-refractivity contribution in [2.75, 3.05) is 23.4 Å². The molecule has 0 amide bonds. The third-order valence-corrected chi connectivity index (χ3v) is 2.60. The van der Waals surface area contributed by atoms with E-state index in [0.29, 0.717) is 12.4 Å². The third kappa shape index (κ3) is 2.42. The van der Waals surface area contributed by atoms with E-state index >= 15 is 0 Å². The lowest BCUT2D eigenvalue weighted by Crippen LogP contribution is -2.25. The fraction of sp³-hybridized carbons (Fsp3) is 0.167. The molecule has 6 heteroatoms. The molecule has 0 spiro atoms. The number of nitrogens with two attached hydrogens (primary N) is 2. The first-order chi connectivity index (χ1) is 8.58. The van der Waals surface area contributed by atoms with Gasteiger partial charge in [-0.25, -0.2) is 4.79 Å². The van der Waals surface area contributed by atoms with Crippen molar-refractivity contribution in [2.45, 2.75) is 6.54 Å². The molecular formula is C12H15N5O. The summed E-state index contributed by atoms with van der Waals surface area (Å²) in [5.41, 5.74) is 12.3. The molecule has 0 bridgehead atoms. The Balaban J connectivity index is 2.29. The fourth-order valence-electron chi connectivity index (χ4n) is 1.71. The number of aromatic nitrogens is 2. The van der Waals surface area contributed by atoms with Crippen molar-refractivity contribution in [3.05, 3.63) is 46.4 Å². The lowest BCUT2D eigenvalue weighted by molar-refractivity contribution is 0.885. The summed E-state index contributed by atoms with van der Waals surface area (Å²) in [4.78, 5) is 19.3. The Kier molecular flexibility index (Phi) is 3.18. The Morgan fingerprint density at radius 1 is 1.28 bits per heavy atom. The van der Waals surface area contributed by atoms with Crippen molar-refractivity contribution < 1.29 is 0 Å². The first kappa shape index (κ1) is 12.0. The molecule has 1 heterocycles. The quantitative estimate of drug-likeness (QED) is 0.734. The third-order valence-electron chi connectivity index (χ3n) is 2.60. The monoisotopic (exact) mass is 245 g/mol. The second-order valence-electron chi connectivity index (χ2n) is 4.03. The molecule has 0 aliphatic rings. The van der Waals surface area contributed by atoms with E-state index in [9.17, 15) is 4.79 Å². The zero-order valence-electron chi connectivity index (χ0n) is 10.1. The van der Waals surface area contributed by atoms with Gasteiger partial charge >= 0.3 is 5.69 Å². The predicted molar refractivity (Wildman–Crippen MR) is 72.2 cm³/mol.